The lowest BCUT2D eigenvalue weighted by molar-refractivity contribution is 0.122. The Morgan fingerprint density at radius 1 is 1.13 bits per heavy atom. The van der Waals surface area contributed by atoms with Crippen molar-refractivity contribution >= 4 is 39.7 Å². The molecule has 1 N–H and O–H groups in total. The molecular weight excluding hydrogens is 400 g/mol. The highest BCUT2D eigenvalue weighted by atomic mass is 32.2. The minimum absolute atomic E-state index is 0.536. The molecule has 0 spiro atoms. The third kappa shape index (κ3) is 3.57. The van der Waals surface area contributed by atoms with Crippen molar-refractivity contribution in [3.8, 4) is 0 Å². The first-order chi connectivity index (χ1) is 14.7. The van der Waals surface area contributed by atoms with Crippen LogP contribution in [0.5, 0.6) is 0 Å². The Morgan fingerprint density at radius 3 is 2.83 bits per heavy atom. The number of ether oxygens (including phenoxy) is 1. The zero-order chi connectivity index (χ0) is 20.5. The number of nitrogens with zero attached hydrogens (tertiary/aromatic N) is 6. The van der Waals surface area contributed by atoms with Crippen LogP contribution in [0.3, 0.4) is 0 Å². The van der Waals surface area contributed by atoms with Crippen molar-refractivity contribution in [2.45, 2.75) is 17.0 Å². The minimum atomic E-state index is 0.536. The van der Waals surface area contributed by atoms with Crippen LogP contribution in [0.15, 0.2) is 64.0 Å². The number of benzene rings is 1. The van der Waals surface area contributed by atoms with E-state index in [0.717, 1.165) is 64.2 Å². The van der Waals surface area contributed by atoms with Gasteiger partial charge in [0, 0.05) is 35.1 Å². The molecule has 0 unspecified atom stereocenters. The van der Waals surface area contributed by atoms with Crippen LogP contribution in [0.2, 0.25) is 0 Å². The molecule has 1 aliphatic rings. The molecule has 8 nitrogen and oxygen atoms in total. The van der Waals surface area contributed by atoms with Gasteiger partial charge in [0.15, 0.2) is 10.8 Å². The largest absolute Gasteiger partial charge is 0.411 e. The molecule has 0 atom stereocenters. The van der Waals surface area contributed by atoms with Crippen LogP contribution in [0.1, 0.15) is 12.5 Å². The maximum Gasteiger partial charge on any atom is 0.200 e. The maximum atomic E-state index is 9.06. The number of pyridine rings is 2. The molecule has 30 heavy (non-hydrogen) atoms. The Labute approximate surface area is 177 Å². The average Bonchev–Trinajstić information content (AvgIpc) is 3.20. The van der Waals surface area contributed by atoms with E-state index in [4.69, 9.17) is 9.94 Å². The van der Waals surface area contributed by atoms with Gasteiger partial charge >= 0.3 is 0 Å². The summed E-state index contributed by atoms with van der Waals surface area (Å²) in [5, 5.41) is 22.7. The predicted molar refractivity (Wildman–Crippen MR) is 116 cm³/mol. The van der Waals surface area contributed by atoms with Crippen LogP contribution >= 0.6 is 11.8 Å². The molecule has 5 rings (SSSR count). The van der Waals surface area contributed by atoms with E-state index in [-0.39, 0.29) is 0 Å². The van der Waals surface area contributed by atoms with E-state index < -0.39 is 0 Å². The summed E-state index contributed by atoms with van der Waals surface area (Å²) in [6, 6.07) is 12.1. The van der Waals surface area contributed by atoms with E-state index in [2.05, 4.69) is 37.4 Å². The summed E-state index contributed by atoms with van der Waals surface area (Å²) in [7, 11) is 0. The van der Waals surface area contributed by atoms with Gasteiger partial charge in [-0.15, -0.1) is 10.2 Å². The third-order valence-electron chi connectivity index (χ3n) is 5.16. The maximum absolute atomic E-state index is 9.06. The zero-order valence-electron chi connectivity index (χ0n) is 16.4. The van der Waals surface area contributed by atoms with Crippen molar-refractivity contribution in [1.29, 1.82) is 0 Å². The van der Waals surface area contributed by atoms with E-state index in [9.17, 15) is 0 Å². The van der Waals surface area contributed by atoms with Gasteiger partial charge < -0.3 is 14.8 Å². The number of fused-ring (bicyclic) bond motifs is 2. The molecule has 0 radical (unpaired) electrons. The van der Waals surface area contributed by atoms with Crippen molar-refractivity contribution in [2.24, 2.45) is 5.16 Å². The highest BCUT2D eigenvalue weighted by Gasteiger charge is 2.13. The summed E-state index contributed by atoms with van der Waals surface area (Å²) < 4.78 is 7.35. The van der Waals surface area contributed by atoms with Crippen LogP contribution in [0.25, 0.3) is 16.6 Å². The number of oxime groups is 1. The number of rotatable bonds is 4. The molecule has 1 aromatic carbocycles. The molecule has 3 aromatic heterocycles. The van der Waals surface area contributed by atoms with Gasteiger partial charge in [0.05, 0.1) is 36.3 Å². The molecule has 0 aliphatic carbocycles. The predicted octanol–water partition coefficient (Wildman–Crippen LogP) is 3.46. The molecule has 152 valence electrons. The molecule has 0 bridgehead atoms. The standard InChI is InChI=1S/C21H20N6O2S/c1-14(25-28)15-2-5-20-23-24-21(27(20)13-15)30-18-3-4-19-16(11-18)10-17(12-22-19)26-6-8-29-9-7-26/h2-5,10-13,28H,6-9H2,1H3/b25-14+. The average molecular weight is 420 g/mol. The van der Waals surface area contributed by atoms with Gasteiger partial charge in [-0.05, 0) is 55.1 Å². The highest BCUT2D eigenvalue weighted by molar-refractivity contribution is 7.99. The summed E-state index contributed by atoms with van der Waals surface area (Å²) in [6.07, 6.45) is 3.81. The van der Waals surface area contributed by atoms with E-state index in [1.807, 2.05) is 41.1 Å². The van der Waals surface area contributed by atoms with E-state index in [1.54, 1.807) is 6.92 Å². The van der Waals surface area contributed by atoms with Gasteiger partial charge in [0.2, 0.25) is 0 Å². The number of hydrogen-bond acceptors (Lipinski definition) is 8. The van der Waals surface area contributed by atoms with Crippen LogP contribution in [-0.4, -0.2) is 56.8 Å². The molecule has 0 amide bonds. The van der Waals surface area contributed by atoms with Crippen LogP contribution in [-0.2, 0) is 4.74 Å². The Hall–Kier alpha value is -3.17. The van der Waals surface area contributed by atoms with Crippen molar-refractivity contribution in [2.75, 3.05) is 31.2 Å². The normalized spacial score (nSPS) is 15.2. The fraction of sp³-hybridized carbons (Fsp3) is 0.238. The molecule has 1 fully saturated rings. The van der Waals surface area contributed by atoms with Crippen molar-refractivity contribution in [1.82, 2.24) is 19.6 Å². The van der Waals surface area contributed by atoms with E-state index in [1.165, 1.54) is 11.8 Å². The molecule has 4 aromatic rings. The quantitative estimate of drug-likeness (QED) is 0.307. The molecule has 0 saturated carbocycles. The molecular formula is C21H20N6O2S. The van der Waals surface area contributed by atoms with Crippen LogP contribution < -0.4 is 4.90 Å². The SMILES string of the molecule is C/C(=N\O)c1ccc2nnc(Sc3ccc4ncc(N5CCOCC5)cc4c3)n2c1. The second-order valence-electron chi connectivity index (χ2n) is 7.06. The fourth-order valence-corrected chi connectivity index (χ4v) is 4.33. The van der Waals surface area contributed by atoms with Crippen LogP contribution in [0.4, 0.5) is 5.69 Å². The first-order valence-corrected chi connectivity index (χ1v) is 10.5. The number of morpholine rings is 1. The van der Waals surface area contributed by atoms with Gasteiger partial charge in [0.25, 0.3) is 0 Å². The lowest BCUT2D eigenvalue weighted by atomic mass is 10.2. The van der Waals surface area contributed by atoms with E-state index >= 15 is 0 Å². The molecule has 9 heteroatoms. The summed E-state index contributed by atoms with van der Waals surface area (Å²) in [5.41, 5.74) is 4.16. The van der Waals surface area contributed by atoms with Crippen molar-refractivity contribution in [3.63, 3.8) is 0 Å². The lowest BCUT2D eigenvalue weighted by Gasteiger charge is -2.28. The van der Waals surface area contributed by atoms with Gasteiger partial charge in [-0.1, -0.05) is 5.16 Å². The first-order valence-electron chi connectivity index (χ1n) is 9.65. The van der Waals surface area contributed by atoms with Gasteiger partial charge in [-0.2, -0.15) is 0 Å². The number of anilines is 1. The summed E-state index contributed by atoms with van der Waals surface area (Å²) in [5.74, 6) is 0. The van der Waals surface area contributed by atoms with Gasteiger partial charge in [-0.25, -0.2) is 0 Å². The summed E-state index contributed by atoms with van der Waals surface area (Å²) in [6.45, 7) is 5.01. The summed E-state index contributed by atoms with van der Waals surface area (Å²) >= 11 is 1.53. The topological polar surface area (TPSA) is 88.1 Å². The Balaban J connectivity index is 1.47. The summed E-state index contributed by atoms with van der Waals surface area (Å²) in [4.78, 5) is 7.97. The second-order valence-corrected chi connectivity index (χ2v) is 8.10. The molecule has 4 heterocycles. The Bertz CT molecular complexity index is 1250. The molecule has 1 saturated heterocycles. The lowest BCUT2D eigenvalue weighted by Crippen LogP contribution is -2.36. The second kappa shape index (κ2) is 7.92. The smallest absolute Gasteiger partial charge is 0.200 e. The van der Waals surface area contributed by atoms with Crippen molar-refractivity contribution < 1.29 is 9.94 Å². The molecule has 1 aliphatic heterocycles. The fourth-order valence-electron chi connectivity index (χ4n) is 3.47. The first kappa shape index (κ1) is 18.8. The monoisotopic (exact) mass is 420 g/mol. The van der Waals surface area contributed by atoms with Gasteiger partial charge in [-0.3, -0.25) is 9.38 Å². The number of hydrogen-bond donors (Lipinski definition) is 1. The third-order valence-corrected chi connectivity index (χ3v) is 6.11. The van der Waals surface area contributed by atoms with Gasteiger partial charge in [0.1, 0.15) is 0 Å². The Morgan fingerprint density at radius 2 is 2.00 bits per heavy atom. The Kier molecular flexibility index (Phi) is 4.97. The minimum Gasteiger partial charge on any atom is -0.411 e. The van der Waals surface area contributed by atoms with E-state index in [0.29, 0.717) is 5.71 Å². The van der Waals surface area contributed by atoms with Crippen molar-refractivity contribution in [3.05, 3.63) is 54.4 Å². The highest BCUT2D eigenvalue weighted by Crippen LogP contribution is 2.30. The zero-order valence-corrected chi connectivity index (χ0v) is 17.2. The number of aromatic nitrogens is 4. The van der Waals surface area contributed by atoms with Crippen LogP contribution in [0, 0.1) is 0 Å².